The minimum absolute atomic E-state index is 0.00564. The molecular formula is C37H40N6O4. The molecule has 242 valence electrons. The fourth-order valence-corrected chi connectivity index (χ4v) is 7.69. The predicted octanol–water partition coefficient (Wildman–Crippen LogP) is 6.10. The molecule has 2 saturated carbocycles. The summed E-state index contributed by atoms with van der Waals surface area (Å²) in [6.07, 6.45) is 4.46. The largest absolute Gasteiger partial charge is 0.494 e. The molecule has 3 fully saturated rings. The number of para-hydroxylation sites is 1. The lowest BCUT2D eigenvalue weighted by Crippen LogP contribution is -2.41. The van der Waals surface area contributed by atoms with Crippen LogP contribution in [0, 0.1) is 11.8 Å². The number of methoxy groups -OCH3 is 1. The van der Waals surface area contributed by atoms with E-state index in [-0.39, 0.29) is 24.0 Å². The smallest absolute Gasteiger partial charge is 0.338 e. The molecule has 2 bridgehead atoms. The number of carbonyl (C=O) groups is 2. The van der Waals surface area contributed by atoms with Crippen LogP contribution in [0.25, 0.3) is 33.5 Å². The average molecular weight is 633 g/mol. The Labute approximate surface area is 273 Å². The fraction of sp³-hybridized carbons (Fsp3) is 0.378. The van der Waals surface area contributed by atoms with Crippen molar-refractivity contribution in [2.45, 2.75) is 51.2 Å². The number of aromatic nitrogens is 3. The first-order valence-electron chi connectivity index (χ1n) is 16.6. The highest BCUT2D eigenvalue weighted by atomic mass is 16.5. The van der Waals surface area contributed by atoms with Crippen molar-refractivity contribution in [2.75, 3.05) is 25.6 Å². The number of fused-ring (bicyclic) bond motifs is 4. The topological polar surface area (TPSA) is 117 Å². The Bertz CT molecular complexity index is 2020. The summed E-state index contributed by atoms with van der Waals surface area (Å²) in [6.45, 7) is 3.73. The summed E-state index contributed by atoms with van der Waals surface area (Å²) in [5.41, 5.74) is 13.1. The number of rotatable bonds is 9. The third-order valence-corrected chi connectivity index (χ3v) is 10.3. The third-order valence-electron chi connectivity index (χ3n) is 10.3. The molecular weight excluding hydrogens is 592 g/mol. The molecule has 1 saturated heterocycles. The van der Waals surface area contributed by atoms with Gasteiger partial charge in [-0.3, -0.25) is 4.79 Å². The second kappa shape index (κ2) is 11.5. The van der Waals surface area contributed by atoms with Crippen molar-refractivity contribution in [3.8, 4) is 17.3 Å². The Balaban J connectivity index is 1.19. The summed E-state index contributed by atoms with van der Waals surface area (Å²) in [5, 5.41) is 4.69. The van der Waals surface area contributed by atoms with E-state index in [9.17, 15) is 9.59 Å². The number of imidazole rings is 1. The van der Waals surface area contributed by atoms with E-state index in [1.807, 2.05) is 36.2 Å². The molecule has 47 heavy (non-hydrogen) atoms. The maximum atomic E-state index is 13.8. The van der Waals surface area contributed by atoms with Gasteiger partial charge in [-0.2, -0.15) is 0 Å². The van der Waals surface area contributed by atoms with Crippen LogP contribution in [0.5, 0.6) is 5.75 Å². The first-order chi connectivity index (χ1) is 22.8. The van der Waals surface area contributed by atoms with Crippen LogP contribution >= 0.6 is 0 Å². The Morgan fingerprint density at radius 3 is 2.49 bits per heavy atom. The second-order valence-corrected chi connectivity index (χ2v) is 13.2. The van der Waals surface area contributed by atoms with E-state index >= 15 is 0 Å². The fourth-order valence-electron chi connectivity index (χ4n) is 7.69. The number of anilines is 2. The highest BCUT2D eigenvalue weighted by Crippen LogP contribution is 2.41. The molecule has 3 aromatic carbocycles. The van der Waals surface area contributed by atoms with Crippen LogP contribution in [0.2, 0.25) is 0 Å². The Hall–Kier alpha value is -4.83. The number of nitrogens with two attached hydrogens (primary N) is 1. The van der Waals surface area contributed by atoms with Gasteiger partial charge in [0.2, 0.25) is 0 Å². The summed E-state index contributed by atoms with van der Waals surface area (Å²) in [4.78, 5) is 33.1. The first-order valence-corrected chi connectivity index (χ1v) is 16.6. The number of ether oxygens (including phenoxy) is 2. The van der Waals surface area contributed by atoms with Crippen LogP contribution in [0.1, 0.15) is 53.3 Å². The third kappa shape index (κ3) is 5.02. The molecule has 5 aromatic rings. The number of hydrogen-bond donors (Lipinski definition) is 2. The minimum Gasteiger partial charge on any atom is -0.494 e. The Morgan fingerprint density at radius 2 is 1.81 bits per heavy atom. The van der Waals surface area contributed by atoms with Crippen LogP contribution < -0.4 is 15.8 Å². The highest BCUT2D eigenvalue weighted by Gasteiger charge is 2.47. The van der Waals surface area contributed by atoms with Gasteiger partial charge in [0.25, 0.3) is 5.91 Å². The number of aryl methyl sites for hydroxylation is 1. The van der Waals surface area contributed by atoms with Crippen molar-refractivity contribution in [1.82, 2.24) is 19.0 Å². The van der Waals surface area contributed by atoms with E-state index in [0.717, 1.165) is 64.2 Å². The number of piperidine rings is 1. The zero-order valence-corrected chi connectivity index (χ0v) is 27.0. The van der Waals surface area contributed by atoms with Gasteiger partial charge >= 0.3 is 5.97 Å². The standard InChI is InChI=1S/C37H40N6O4/c1-4-47-37(45)22-10-13-26(14-11-22)39-27-7-5-6-23-17-30(42(33(23)27)19-21-8-9-21)35-40-28-16-25(18-31(46-3)34(28)41(35)2)36(44)43-20-24-12-15-29(43)32(24)38/h5-7,10-11,13-14,16-18,21,24,29,32,39H,4,8-9,12,15,19-20,38H2,1-3H3/t24?,29?,32-/m1/s1. The van der Waals surface area contributed by atoms with Crippen molar-refractivity contribution >= 4 is 45.2 Å². The monoisotopic (exact) mass is 632 g/mol. The lowest BCUT2D eigenvalue weighted by atomic mass is 10.1. The van der Waals surface area contributed by atoms with Gasteiger partial charge in [0.1, 0.15) is 11.3 Å². The number of nitrogens with zero attached hydrogens (tertiary/aromatic N) is 4. The van der Waals surface area contributed by atoms with E-state index in [2.05, 4.69) is 38.7 Å². The Morgan fingerprint density at radius 1 is 1.00 bits per heavy atom. The van der Waals surface area contributed by atoms with Crippen LogP contribution in [-0.2, 0) is 18.3 Å². The molecule has 3 N–H and O–H groups in total. The zero-order valence-electron chi connectivity index (χ0n) is 27.0. The summed E-state index contributed by atoms with van der Waals surface area (Å²) in [6, 6.07) is 19.7. The number of benzene rings is 3. The van der Waals surface area contributed by atoms with Gasteiger partial charge in [0, 0.05) is 48.9 Å². The maximum absolute atomic E-state index is 13.8. The number of nitrogens with one attached hydrogen (secondary N) is 1. The van der Waals surface area contributed by atoms with Gasteiger partial charge in [-0.1, -0.05) is 12.1 Å². The molecule has 3 heterocycles. The molecule has 0 spiro atoms. The van der Waals surface area contributed by atoms with Crippen LogP contribution in [-0.4, -0.2) is 63.2 Å². The van der Waals surface area contributed by atoms with Crippen molar-refractivity contribution < 1.29 is 19.1 Å². The number of amides is 1. The van der Waals surface area contributed by atoms with Crippen LogP contribution in [0.3, 0.4) is 0 Å². The minimum atomic E-state index is -0.327. The molecule has 10 heteroatoms. The van der Waals surface area contributed by atoms with E-state index in [4.69, 9.17) is 20.2 Å². The molecule has 3 atom stereocenters. The van der Waals surface area contributed by atoms with Gasteiger partial charge in [0.05, 0.1) is 41.7 Å². The molecule has 1 aliphatic heterocycles. The zero-order chi connectivity index (χ0) is 32.4. The second-order valence-electron chi connectivity index (χ2n) is 13.2. The normalized spacial score (nSPS) is 20.3. The lowest BCUT2D eigenvalue weighted by Gasteiger charge is -2.27. The van der Waals surface area contributed by atoms with Gasteiger partial charge in [0.15, 0.2) is 5.82 Å². The van der Waals surface area contributed by atoms with Crippen molar-refractivity contribution in [3.63, 3.8) is 0 Å². The van der Waals surface area contributed by atoms with Crippen molar-refractivity contribution in [2.24, 2.45) is 24.6 Å². The quantitative estimate of drug-likeness (QED) is 0.189. The van der Waals surface area contributed by atoms with Crippen LogP contribution in [0.4, 0.5) is 11.4 Å². The van der Waals surface area contributed by atoms with E-state index in [1.165, 1.54) is 12.8 Å². The van der Waals surface area contributed by atoms with Gasteiger partial charge in [-0.25, -0.2) is 9.78 Å². The molecule has 2 unspecified atom stereocenters. The van der Waals surface area contributed by atoms with Gasteiger partial charge in [-0.05, 0) is 93.0 Å². The number of hydrogen-bond acceptors (Lipinski definition) is 7. The lowest BCUT2D eigenvalue weighted by molar-refractivity contribution is 0.0526. The van der Waals surface area contributed by atoms with E-state index < -0.39 is 0 Å². The summed E-state index contributed by atoms with van der Waals surface area (Å²) in [5.74, 6) is 2.09. The summed E-state index contributed by atoms with van der Waals surface area (Å²) < 4.78 is 15.5. The summed E-state index contributed by atoms with van der Waals surface area (Å²) in [7, 11) is 3.65. The van der Waals surface area contributed by atoms with Crippen LogP contribution in [0.15, 0.2) is 60.7 Å². The maximum Gasteiger partial charge on any atom is 0.338 e. The van der Waals surface area contributed by atoms with Gasteiger partial charge < -0.3 is 34.6 Å². The Kier molecular flexibility index (Phi) is 7.20. The first kappa shape index (κ1) is 29.6. The van der Waals surface area contributed by atoms with E-state index in [1.54, 1.807) is 26.2 Å². The molecule has 3 aliphatic rings. The van der Waals surface area contributed by atoms with Crippen molar-refractivity contribution in [1.29, 1.82) is 0 Å². The summed E-state index contributed by atoms with van der Waals surface area (Å²) >= 11 is 0. The molecule has 1 amide bonds. The number of carbonyl (C=O) groups excluding carboxylic acids is 2. The average Bonchev–Trinajstić information content (AvgIpc) is 3.46. The predicted molar refractivity (Wildman–Crippen MR) is 182 cm³/mol. The SMILES string of the molecule is CCOC(=O)c1ccc(Nc2cccc3cc(-c4nc5cc(C(=O)N6CC7CCC6[C@@H]7N)cc(OC)c5n4C)n(CC4CC4)c23)cc1. The van der Waals surface area contributed by atoms with E-state index in [0.29, 0.717) is 41.9 Å². The molecule has 2 aromatic heterocycles. The molecule has 2 aliphatic carbocycles. The molecule has 0 radical (unpaired) electrons. The highest BCUT2D eigenvalue weighted by molar-refractivity contribution is 6.01. The number of esters is 1. The van der Waals surface area contributed by atoms with Gasteiger partial charge in [-0.15, -0.1) is 0 Å². The number of likely N-dealkylation sites (tertiary alicyclic amines) is 1. The molecule has 8 rings (SSSR count). The molecule has 10 nitrogen and oxygen atoms in total. The van der Waals surface area contributed by atoms with Crippen molar-refractivity contribution in [3.05, 3.63) is 71.8 Å².